The Balaban J connectivity index is 1.81. The Kier molecular flexibility index (Phi) is 4.15. The number of fused-ring (bicyclic) bond motifs is 1. The van der Waals surface area contributed by atoms with Crippen LogP contribution >= 0.6 is 0 Å². The van der Waals surface area contributed by atoms with E-state index in [1.807, 2.05) is 18.2 Å². The molecule has 0 spiro atoms. The maximum atomic E-state index is 12.3. The first kappa shape index (κ1) is 16.6. The summed E-state index contributed by atoms with van der Waals surface area (Å²) >= 11 is 0. The molecule has 1 amide bonds. The Morgan fingerprint density at radius 1 is 1.29 bits per heavy atom. The van der Waals surface area contributed by atoms with Gasteiger partial charge in [-0.2, -0.15) is 0 Å². The zero-order valence-electron chi connectivity index (χ0n) is 14.2. The van der Waals surface area contributed by atoms with Crippen molar-refractivity contribution in [2.45, 2.75) is 38.7 Å². The van der Waals surface area contributed by atoms with E-state index in [0.29, 0.717) is 13.2 Å². The summed E-state index contributed by atoms with van der Waals surface area (Å²) in [5.74, 6) is -0.880. The van der Waals surface area contributed by atoms with Gasteiger partial charge in [0.1, 0.15) is 11.4 Å². The number of ether oxygens (including phenoxy) is 2. The van der Waals surface area contributed by atoms with Crippen LogP contribution in [-0.2, 0) is 16.0 Å². The van der Waals surface area contributed by atoms with Crippen molar-refractivity contribution in [3.63, 3.8) is 0 Å². The molecule has 0 aromatic heterocycles. The molecule has 0 aliphatic carbocycles. The SMILES string of the molecule is CC(C)(C)OC(=O)N1C[C@H](c2ccc3c(c2)CCO3)[C@H](C(=O)O)C1. The highest BCUT2D eigenvalue weighted by atomic mass is 16.6. The number of amides is 1. The number of carboxylic acids is 1. The fraction of sp³-hybridized carbons (Fsp3) is 0.556. The van der Waals surface area contributed by atoms with E-state index in [2.05, 4.69) is 0 Å². The van der Waals surface area contributed by atoms with Gasteiger partial charge in [-0.05, 0) is 38.0 Å². The summed E-state index contributed by atoms with van der Waals surface area (Å²) in [4.78, 5) is 25.5. The van der Waals surface area contributed by atoms with Gasteiger partial charge in [0, 0.05) is 25.4 Å². The molecule has 1 N–H and O–H groups in total. The summed E-state index contributed by atoms with van der Waals surface area (Å²) in [6, 6.07) is 5.82. The second-order valence-corrected chi connectivity index (χ2v) is 7.40. The quantitative estimate of drug-likeness (QED) is 0.900. The predicted molar refractivity (Wildman–Crippen MR) is 87.3 cm³/mol. The molecule has 2 atom stereocenters. The van der Waals surface area contributed by atoms with Crippen molar-refractivity contribution in [3.05, 3.63) is 29.3 Å². The van der Waals surface area contributed by atoms with E-state index in [0.717, 1.165) is 23.3 Å². The lowest BCUT2D eigenvalue weighted by Crippen LogP contribution is -2.35. The molecule has 1 aromatic rings. The molecule has 130 valence electrons. The second-order valence-electron chi connectivity index (χ2n) is 7.40. The van der Waals surface area contributed by atoms with E-state index in [9.17, 15) is 14.7 Å². The van der Waals surface area contributed by atoms with Crippen molar-refractivity contribution in [1.82, 2.24) is 4.90 Å². The zero-order chi connectivity index (χ0) is 17.5. The van der Waals surface area contributed by atoms with Gasteiger partial charge >= 0.3 is 12.1 Å². The number of hydrogen-bond donors (Lipinski definition) is 1. The smallest absolute Gasteiger partial charge is 0.410 e. The Bertz CT molecular complexity index is 664. The van der Waals surface area contributed by atoms with Gasteiger partial charge in [-0.3, -0.25) is 4.79 Å². The van der Waals surface area contributed by atoms with E-state index in [-0.39, 0.29) is 12.5 Å². The first-order valence-electron chi connectivity index (χ1n) is 8.21. The highest BCUT2D eigenvalue weighted by Gasteiger charge is 2.42. The molecule has 3 rings (SSSR count). The molecule has 2 aliphatic heterocycles. The van der Waals surface area contributed by atoms with E-state index >= 15 is 0 Å². The molecule has 0 bridgehead atoms. The Labute approximate surface area is 141 Å². The number of aliphatic carboxylic acids is 1. The van der Waals surface area contributed by atoms with E-state index in [4.69, 9.17) is 9.47 Å². The summed E-state index contributed by atoms with van der Waals surface area (Å²) in [6.45, 7) is 6.58. The van der Waals surface area contributed by atoms with Gasteiger partial charge in [-0.1, -0.05) is 12.1 Å². The van der Waals surface area contributed by atoms with Gasteiger partial charge in [0.05, 0.1) is 12.5 Å². The zero-order valence-corrected chi connectivity index (χ0v) is 14.2. The minimum atomic E-state index is -0.886. The third-order valence-electron chi connectivity index (χ3n) is 4.43. The second kappa shape index (κ2) is 6.00. The van der Waals surface area contributed by atoms with Crippen LogP contribution < -0.4 is 4.74 Å². The highest BCUT2D eigenvalue weighted by Crippen LogP contribution is 2.36. The third kappa shape index (κ3) is 3.32. The monoisotopic (exact) mass is 333 g/mol. The van der Waals surface area contributed by atoms with Crippen molar-refractivity contribution in [1.29, 1.82) is 0 Å². The van der Waals surface area contributed by atoms with Crippen LogP contribution in [-0.4, -0.2) is 47.4 Å². The topological polar surface area (TPSA) is 76.1 Å². The van der Waals surface area contributed by atoms with Crippen molar-refractivity contribution >= 4 is 12.1 Å². The van der Waals surface area contributed by atoms with Crippen LogP contribution in [0, 0.1) is 5.92 Å². The van der Waals surface area contributed by atoms with Gasteiger partial charge in [0.15, 0.2) is 0 Å². The minimum Gasteiger partial charge on any atom is -0.493 e. The number of rotatable bonds is 2. The van der Waals surface area contributed by atoms with Gasteiger partial charge in [-0.15, -0.1) is 0 Å². The molecule has 2 aliphatic rings. The molecule has 0 radical (unpaired) electrons. The number of hydrogen-bond acceptors (Lipinski definition) is 4. The van der Waals surface area contributed by atoms with E-state index in [1.165, 1.54) is 4.90 Å². The number of carbonyl (C=O) groups excluding carboxylic acids is 1. The first-order valence-corrected chi connectivity index (χ1v) is 8.21. The molecule has 6 heteroatoms. The van der Waals surface area contributed by atoms with Gasteiger partial charge in [0.2, 0.25) is 0 Å². The van der Waals surface area contributed by atoms with Crippen LogP contribution in [0.3, 0.4) is 0 Å². The van der Waals surface area contributed by atoms with E-state index < -0.39 is 23.6 Å². The Morgan fingerprint density at radius 2 is 2.04 bits per heavy atom. The van der Waals surface area contributed by atoms with E-state index in [1.54, 1.807) is 20.8 Å². The van der Waals surface area contributed by atoms with Crippen LogP contribution in [0.25, 0.3) is 0 Å². The van der Waals surface area contributed by atoms with Crippen LogP contribution in [0.4, 0.5) is 4.79 Å². The molecule has 2 heterocycles. The Hall–Kier alpha value is -2.24. The molecule has 1 saturated heterocycles. The molecule has 0 saturated carbocycles. The summed E-state index contributed by atoms with van der Waals surface area (Å²) in [5, 5.41) is 9.57. The molecule has 1 fully saturated rings. The average Bonchev–Trinajstić information content (AvgIpc) is 3.11. The largest absolute Gasteiger partial charge is 0.493 e. The lowest BCUT2D eigenvalue weighted by atomic mass is 9.88. The number of benzene rings is 1. The van der Waals surface area contributed by atoms with Crippen molar-refractivity contribution in [2.24, 2.45) is 5.92 Å². The Morgan fingerprint density at radius 3 is 2.71 bits per heavy atom. The molecule has 1 aromatic carbocycles. The fourth-order valence-electron chi connectivity index (χ4n) is 3.30. The highest BCUT2D eigenvalue weighted by molar-refractivity contribution is 5.76. The third-order valence-corrected chi connectivity index (χ3v) is 4.43. The number of likely N-dealkylation sites (tertiary alicyclic amines) is 1. The summed E-state index contributed by atoms with van der Waals surface area (Å²) < 4.78 is 10.9. The fourth-order valence-corrected chi connectivity index (χ4v) is 3.30. The number of carboxylic acid groups (broad SMARTS) is 1. The maximum absolute atomic E-state index is 12.3. The van der Waals surface area contributed by atoms with Gasteiger partial charge < -0.3 is 19.5 Å². The van der Waals surface area contributed by atoms with Crippen LogP contribution in [0.2, 0.25) is 0 Å². The van der Waals surface area contributed by atoms with Crippen LogP contribution in [0.1, 0.15) is 37.8 Å². The van der Waals surface area contributed by atoms with Crippen LogP contribution in [0.5, 0.6) is 5.75 Å². The van der Waals surface area contributed by atoms with Gasteiger partial charge in [0.25, 0.3) is 0 Å². The first-order chi connectivity index (χ1) is 11.2. The number of nitrogens with zero attached hydrogens (tertiary/aromatic N) is 1. The van der Waals surface area contributed by atoms with Crippen molar-refractivity contribution < 1.29 is 24.2 Å². The molecule has 6 nitrogen and oxygen atoms in total. The lowest BCUT2D eigenvalue weighted by Gasteiger charge is -2.24. The van der Waals surface area contributed by atoms with Crippen molar-refractivity contribution in [2.75, 3.05) is 19.7 Å². The average molecular weight is 333 g/mol. The van der Waals surface area contributed by atoms with Crippen LogP contribution in [0.15, 0.2) is 18.2 Å². The maximum Gasteiger partial charge on any atom is 0.410 e. The summed E-state index contributed by atoms with van der Waals surface area (Å²) in [5.41, 5.74) is 1.45. The normalized spacial score (nSPS) is 22.9. The molecule has 0 unspecified atom stereocenters. The number of carbonyl (C=O) groups is 2. The summed E-state index contributed by atoms with van der Waals surface area (Å²) in [6.07, 6.45) is 0.379. The molecular formula is C18H23NO5. The van der Waals surface area contributed by atoms with Gasteiger partial charge in [-0.25, -0.2) is 4.79 Å². The standard InChI is InChI=1S/C18H23NO5/c1-18(2,3)24-17(22)19-9-13(14(10-19)16(20)21)11-4-5-15-12(8-11)6-7-23-15/h4-5,8,13-14H,6-7,9-10H2,1-3H3,(H,20,21)/t13-,14-/m1/s1. The van der Waals surface area contributed by atoms with Crippen molar-refractivity contribution in [3.8, 4) is 5.75 Å². The predicted octanol–water partition coefficient (Wildman–Crippen LogP) is 2.66. The molecular weight excluding hydrogens is 310 g/mol. The molecule has 24 heavy (non-hydrogen) atoms. The lowest BCUT2D eigenvalue weighted by molar-refractivity contribution is -0.141. The summed E-state index contributed by atoms with van der Waals surface area (Å²) in [7, 11) is 0. The minimum absolute atomic E-state index is 0.169.